The molecule has 1 N–H and O–H groups in total. The monoisotopic (exact) mass is 317 g/mol. The van der Waals surface area contributed by atoms with E-state index in [4.69, 9.17) is 11.6 Å². The Morgan fingerprint density at radius 3 is 2.64 bits per heavy atom. The van der Waals surface area contributed by atoms with Crippen LogP contribution in [0.4, 0.5) is 11.8 Å². The van der Waals surface area contributed by atoms with Crippen molar-refractivity contribution in [1.82, 2.24) is 15.2 Å². The van der Waals surface area contributed by atoms with Crippen LogP contribution in [0.3, 0.4) is 0 Å². The van der Waals surface area contributed by atoms with E-state index in [2.05, 4.69) is 25.4 Å². The third-order valence-electron chi connectivity index (χ3n) is 3.82. The topological polar surface area (TPSA) is 53.9 Å². The molecule has 5 nitrogen and oxygen atoms in total. The Labute approximate surface area is 135 Å². The van der Waals surface area contributed by atoms with Gasteiger partial charge in [0.2, 0.25) is 5.95 Å². The van der Waals surface area contributed by atoms with E-state index in [1.54, 1.807) is 6.20 Å². The van der Waals surface area contributed by atoms with Crippen molar-refractivity contribution in [3.63, 3.8) is 0 Å². The first-order valence-corrected chi connectivity index (χ1v) is 8.12. The molecule has 0 amide bonds. The smallest absolute Gasteiger partial charge is 0.247 e. The van der Waals surface area contributed by atoms with Gasteiger partial charge in [-0.05, 0) is 43.4 Å². The minimum absolute atomic E-state index is 0.733. The first kappa shape index (κ1) is 15.0. The molecule has 3 rings (SSSR count). The van der Waals surface area contributed by atoms with E-state index < -0.39 is 0 Å². The van der Waals surface area contributed by atoms with Crippen molar-refractivity contribution in [3.8, 4) is 0 Å². The van der Waals surface area contributed by atoms with Crippen LogP contribution < -0.4 is 10.2 Å². The minimum Gasteiger partial charge on any atom is -0.368 e. The summed E-state index contributed by atoms with van der Waals surface area (Å²) < 4.78 is 0. The molecule has 1 aromatic heterocycles. The van der Waals surface area contributed by atoms with E-state index in [1.807, 2.05) is 24.3 Å². The lowest BCUT2D eigenvalue weighted by Gasteiger charge is -2.26. The normalized spacial score (nSPS) is 14.9. The molecule has 2 aromatic rings. The van der Waals surface area contributed by atoms with E-state index in [9.17, 15) is 0 Å². The van der Waals surface area contributed by atoms with Crippen LogP contribution in [0.25, 0.3) is 0 Å². The maximum atomic E-state index is 5.89. The van der Waals surface area contributed by atoms with Gasteiger partial charge in [0.1, 0.15) is 0 Å². The number of rotatable bonds is 5. The highest BCUT2D eigenvalue weighted by Gasteiger charge is 2.14. The van der Waals surface area contributed by atoms with E-state index in [-0.39, 0.29) is 0 Å². The second kappa shape index (κ2) is 7.40. The van der Waals surface area contributed by atoms with Gasteiger partial charge in [-0.2, -0.15) is 10.1 Å². The first-order valence-electron chi connectivity index (χ1n) is 7.74. The minimum atomic E-state index is 0.733. The fourth-order valence-corrected chi connectivity index (χ4v) is 2.72. The number of aromatic nitrogens is 3. The first-order chi connectivity index (χ1) is 10.8. The van der Waals surface area contributed by atoms with Crippen molar-refractivity contribution in [1.29, 1.82) is 0 Å². The molecule has 0 spiro atoms. The van der Waals surface area contributed by atoms with Gasteiger partial charge in [0, 0.05) is 24.7 Å². The van der Waals surface area contributed by atoms with E-state index in [0.717, 1.165) is 42.8 Å². The molecule has 22 heavy (non-hydrogen) atoms. The fraction of sp³-hybridized carbons (Fsp3) is 0.438. The predicted molar refractivity (Wildman–Crippen MR) is 89.5 cm³/mol. The van der Waals surface area contributed by atoms with Gasteiger partial charge < -0.3 is 10.2 Å². The van der Waals surface area contributed by atoms with Gasteiger partial charge in [0.25, 0.3) is 0 Å². The number of hydrogen-bond acceptors (Lipinski definition) is 5. The van der Waals surface area contributed by atoms with E-state index >= 15 is 0 Å². The second-order valence-corrected chi connectivity index (χ2v) is 5.93. The van der Waals surface area contributed by atoms with Crippen molar-refractivity contribution in [2.75, 3.05) is 29.9 Å². The molecule has 1 fully saturated rings. The fourth-order valence-electron chi connectivity index (χ4n) is 2.59. The zero-order chi connectivity index (χ0) is 15.2. The Hall–Kier alpha value is -1.88. The Balaban J connectivity index is 1.55. The van der Waals surface area contributed by atoms with Gasteiger partial charge in [-0.15, -0.1) is 5.10 Å². The van der Waals surface area contributed by atoms with Gasteiger partial charge >= 0.3 is 0 Å². The van der Waals surface area contributed by atoms with Crippen molar-refractivity contribution in [2.24, 2.45) is 0 Å². The highest BCUT2D eigenvalue weighted by Crippen LogP contribution is 2.16. The molecule has 6 heteroatoms. The molecule has 0 radical (unpaired) electrons. The Kier molecular flexibility index (Phi) is 5.06. The average molecular weight is 318 g/mol. The number of anilines is 2. The van der Waals surface area contributed by atoms with Gasteiger partial charge in [0.05, 0.1) is 6.20 Å². The molecule has 0 bridgehead atoms. The van der Waals surface area contributed by atoms with Crippen LogP contribution in [0, 0.1) is 0 Å². The summed E-state index contributed by atoms with van der Waals surface area (Å²) in [7, 11) is 0. The van der Waals surface area contributed by atoms with Gasteiger partial charge in [0.15, 0.2) is 5.82 Å². The number of hydrogen-bond donors (Lipinski definition) is 1. The summed E-state index contributed by atoms with van der Waals surface area (Å²) in [6.07, 6.45) is 6.30. The molecule has 1 aromatic carbocycles. The van der Waals surface area contributed by atoms with Crippen molar-refractivity contribution in [3.05, 3.63) is 41.0 Å². The Morgan fingerprint density at radius 2 is 1.86 bits per heavy atom. The van der Waals surface area contributed by atoms with Crippen LogP contribution in [0.2, 0.25) is 5.02 Å². The zero-order valence-electron chi connectivity index (χ0n) is 12.5. The van der Waals surface area contributed by atoms with Gasteiger partial charge in [-0.25, -0.2) is 0 Å². The molecule has 0 saturated carbocycles. The van der Waals surface area contributed by atoms with Gasteiger partial charge in [-0.3, -0.25) is 0 Å². The highest BCUT2D eigenvalue weighted by molar-refractivity contribution is 6.30. The summed E-state index contributed by atoms with van der Waals surface area (Å²) in [5.74, 6) is 1.51. The molecule has 1 saturated heterocycles. The molecular weight excluding hydrogens is 298 g/mol. The van der Waals surface area contributed by atoms with Crippen molar-refractivity contribution < 1.29 is 0 Å². The summed E-state index contributed by atoms with van der Waals surface area (Å²) in [5.41, 5.74) is 1.25. The maximum Gasteiger partial charge on any atom is 0.247 e. The highest BCUT2D eigenvalue weighted by atomic mass is 35.5. The molecule has 2 heterocycles. The van der Waals surface area contributed by atoms with Crippen LogP contribution in [-0.2, 0) is 6.42 Å². The third-order valence-corrected chi connectivity index (χ3v) is 4.07. The summed E-state index contributed by atoms with van der Waals surface area (Å²) >= 11 is 5.89. The molecule has 0 atom stereocenters. The molecular formula is C16H20ClN5. The standard InChI is InChI=1S/C16H20ClN5/c17-14-6-4-13(5-7-14)8-9-18-15-12-19-21-16(20-15)22-10-2-1-3-11-22/h4-7,12H,1-3,8-11H2,(H,18,20,21). The molecule has 1 aliphatic rings. The molecule has 1 aliphatic heterocycles. The number of piperidine rings is 1. The summed E-state index contributed by atoms with van der Waals surface area (Å²) in [5, 5.41) is 12.3. The lowest BCUT2D eigenvalue weighted by Crippen LogP contribution is -2.31. The molecule has 116 valence electrons. The lowest BCUT2D eigenvalue weighted by molar-refractivity contribution is 0.565. The number of nitrogens with one attached hydrogen (secondary N) is 1. The van der Waals surface area contributed by atoms with E-state index in [0.29, 0.717) is 0 Å². The third kappa shape index (κ3) is 4.07. The van der Waals surface area contributed by atoms with Crippen LogP contribution >= 0.6 is 11.6 Å². The van der Waals surface area contributed by atoms with Crippen molar-refractivity contribution in [2.45, 2.75) is 25.7 Å². The van der Waals surface area contributed by atoms with Crippen molar-refractivity contribution >= 4 is 23.4 Å². The summed E-state index contributed by atoms with van der Waals surface area (Å²) in [6.45, 7) is 2.85. The van der Waals surface area contributed by atoms with Crippen LogP contribution in [0.1, 0.15) is 24.8 Å². The number of halogens is 1. The maximum absolute atomic E-state index is 5.89. The van der Waals surface area contributed by atoms with Crippen LogP contribution in [-0.4, -0.2) is 34.8 Å². The largest absolute Gasteiger partial charge is 0.368 e. The number of nitrogens with zero attached hydrogens (tertiary/aromatic N) is 4. The van der Waals surface area contributed by atoms with Gasteiger partial charge in [-0.1, -0.05) is 23.7 Å². The van der Waals surface area contributed by atoms with E-state index in [1.165, 1.54) is 24.8 Å². The predicted octanol–water partition coefficient (Wildman–Crippen LogP) is 3.17. The summed E-state index contributed by atoms with van der Waals surface area (Å²) in [6, 6.07) is 7.91. The second-order valence-electron chi connectivity index (χ2n) is 5.49. The Bertz CT molecular complexity index is 596. The zero-order valence-corrected chi connectivity index (χ0v) is 13.3. The SMILES string of the molecule is Clc1ccc(CCNc2cnnc(N3CCCCC3)n2)cc1. The lowest BCUT2D eigenvalue weighted by atomic mass is 10.1. The number of benzene rings is 1. The molecule has 0 aliphatic carbocycles. The van der Waals surface area contributed by atoms with Crippen LogP contribution in [0.15, 0.2) is 30.5 Å². The summed E-state index contributed by atoms with van der Waals surface area (Å²) in [4.78, 5) is 6.77. The Morgan fingerprint density at radius 1 is 1.09 bits per heavy atom. The molecule has 0 unspecified atom stereocenters. The van der Waals surface area contributed by atoms with Crippen LogP contribution in [0.5, 0.6) is 0 Å². The quantitative estimate of drug-likeness (QED) is 0.918. The average Bonchev–Trinajstić information content (AvgIpc) is 2.58.